The number of rotatable bonds is 2. The monoisotopic (exact) mass is 304 g/mol. The molecular weight excluding hydrogens is 280 g/mol. The molecule has 0 fully saturated rings. The predicted molar refractivity (Wildman–Crippen MR) is 98.8 cm³/mol. The molecule has 0 aromatic heterocycles. The van der Waals surface area contributed by atoms with Crippen LogP contribution in [-0.4, -0.2) is 0 Å². The van der Waals surface area contributed by atoms with Crippen LogP contribution in [0.3, 0.4) is 0 Å². The highest BCUT2D eigenvalue weighted by Crippen LogP contribution is 2.50. The standard InChI is InChI=1S/C21H24N2/c1-14-5-4-6-16(13-14)20-18(11-12-19(23)21(20,2)3)15-7-9-17(22)10-8-15/h4-13,20H,22-23H2,1-3H3. The molecule has 0 aliphatic heterocycles. The number of hydrogen-bond acceptors (Lipinski definition) is 2. The molecule has 2 aromatic rings. The first kappa shape index (κ1) is 15.4. The number of nitrogen functional groups attached to an aromatic ring is 1. The highest BCUT2D eigenvalue weighted by Gasteiger charge is 2.38. The SMILES string of the molecule is Cc1cccc(C2C(c3ccc(N)cc3)=CC=C(N)C2(C)C)c1. The highest BCUT2D eigenvalue weighted by molar-refractivity contribution is 5.76. The molecule has 4 N–H and O–H groups in total. The Morgan fingerprint density at radius 3 is 2.26 bits per heavy atom. The average molecular weight is 304 g/mol. The second-order valence-electron chi connectivity index (χ2n) is 6.93. The van der Waals surface area contributed by atoms with Gasteiger partial charge < -0.3 is 11.5 Å². The lowest BCUT2D eigenvalue weighted by molar-refractivity contribution is 0.396. The van der Waals surface area contributed by atoms with E-state index in [1.54, 1.807) is 0 Å². The summed E-state index contributed by atoms with van der Waals surface area (Å²) < 4.78 is 0. The van der Waals surface area contributed by atoms with Gasteiger partial charge in [0.15, 0.2) is 0 Å². The van der Waals surface area contributed by atoms with Gasteiger partial charge in [-0.15, -0.1) is 0 Å². The zero-order chi connectivity index (χ0) is 16.6. The summed E-state index contributed by atoms with van der Waals surface area (Å²) in [5.41, 5.74) is 18.8. The van der Waals surface area contributed by atoms with Gasteiger partial charge in [0, 0.05) is 22.7 Å². The van der Waals surface area contributed by atoms with Crippen LogP contribution in [0, 0.1) is 12.3 Å². The summed E-state index contributed by atoms with van der Waals surface area (Å²) >= 11 is 0. The van der Waals surface area contributed by atoms with E-state index in [0.29, 0.717) is 0 Å². The van der Waals surface area contributed by atoms with E-state index in [1.165, 1.54) is 22.3 Å². The maximum atomic E-state index is 6.34. The van der Waals surface area contributed by atoms with E-state index in [4.69, 9.17) is 11.5 Å². The smallest absolute Gasteiger partial charge is 0.0314 e. The van der Waals surface area contributed by atoms with E-state index in [0.717, 1.165) is 11.4 Å². The molecule has 0 radical (unpaired) electrons. The minimum atomic E-state index is -0.140. The molecule has 1 aliphatic carbocycles. The Balaban J connectivity index is 2.16. The van der Waals surface area contributed by atoms with Crippen molar-refractivity contribution in [2.45, 2.75) is 26.7 Å². The summed E-state index contributed by atoms with van der Waals surface area (Å²) in [6, 6.07) is 16.8. The molecule has 0 heterocycles. The van der Waals surface area contributed by atoms with Gasteiger partial charge >= 0.3 is 0 Å². The van der Waals surface area contributed by atoms with Crippen molar-refractivity contribution in [1.29, 1.82) is 0 Å². The molecule has 1 aliphatic rings. The van der Waals surface area contributed by atoms with Crippen LogP contribution in [0.4, 0.5) is 5.69 Å². The molecule has 1 atom stereocenters. The second kappa shape index (κ2) is 5.62. The van der Waals surface area contributed by atoms with Crippen LogP contribution in [0.2, 0.25) is 0 Å². The molecule has 2 aromatic carbocycles. The van der Waals surface area contributed by atoms with Gasteiger partial charge in [0.2, 0.25) is 0 Å². The Bertz CT molecular complexity index is 780. The highest BCUT2D eigenvalue weighted by atomic mass is 14.7. The molecule has 2 nitrogen and oxygen atoms in total. The molecule has 0 amide bonds. The fourth-order valence-electron chi connectivity index (χ4n) is 3.43. The molecule has 0 saturated carbocycles. The number of hydrogen-bond donors (Lipinski definition) is 2. The second-order valence-corrected chi connectivity index (χ2v) is 6.93. The summed E-state index contributed by atoms with van der Waals surface area (Å²) in [7, 11) is 0. The Morgan fingerprint density at radius 2 is 1.61 bits per heavy atom. The summed E-state index contributed by atoms with van der Waals surface area (Å²) in [5, 5.41) is 0. The molecule has 0 bridgehead atoms. The topological polar surface area (TPSA) is 52.0 Å². The zero-order valence-corrected chi connectivity index (χ0v) is 14.0. The predicted octanol–water partition coefficient (Wildman–Crippen LogP) is 4.63. The molecule has 118 valence electrons. The normalized spacial score (nSPS) is 19.9. The lowest BCUT2D eigenvalue weighted by Crippen LogP contribution is -2.31. The molecule has 1 unspecified atom stereocenters. The molecule has 2 heteroatoms. The quantitative estimate of drug-likeness (QED) is 0.795. The van der Waals surface area contributed by atoms with E-state index < -0.39 is 0 Å². The van der Waals surface area contributed by atoms with Crippen molar-refractivity contribution in [2.24, 2.45) is 11.1 Å². The first-order valence-electron chi connectivity index (χ1n) is 8.00. The third-order valence-electron chi connectivity index (χ3n) is 4.84. The summed E-state index contributed by atoms with van der Waals surface area (Å²) in [6.07, 6.45) is 4.19. The van der Waals surface area contributed by atoms with Crippen molar-refractivity contribution in [1.82, 2.24) is 0 Å². The van der Waals surface area contributed by atoms with Crippen LogP contribution in [0.25, 0.3) is 5.57 Å². The lowest BCUT2D eigenvalue weighted by Gasteiger charge is -2.40. The van der Waals surface area contributed by atoms with Gasteiger partial charge in [0.1, 0.15) is 0 Å². The Hall–Kier alpha value is -2.48. The average Bonchev–Trinajstić information content (AvgIpc) is 2.50. The minimum Gasteiger partial charge on any atom is -0.402 e. The van der Waals surface area contributed by atoms with Gasteiger partial charge in [-0.3, -0.25) is 0 Å². The number of benzene rings is 2. The number of aryl methyl sites for hydroxylation is 1. The third-order valence-corrected chi connectivity index (χ3v) is 4.84. The number of anilines is 1. The fraction of sp³-hybridized carbons (Fsp3) is 0.238. The van der Waals surface area contributed by atoms with Gasteiger partial charge in [0.25, 0.3) is 0 Å². The van der Waals surface area contributed by atoms with Crippen molar-refractivity contribution in [2.75, 3.05) is 5.73 Å². The Morgan fingerprint density at radius 1 is 0.913 bits per heavy atom. The van der Waals surface area contributed by atoms with Crippen molar-refractivity contribution in [3.8, 4) is 0 Å². The van der Waals surface area contributed by atoms with Crippen LogP contribution >= 0.6 is 0 Å². The van der Waals surface area contributed by atoms with E-state index in [2.05, 4.69) is 63.2 Å². The van der Waals surface area contributed by atoms with Gasteiger partial charge in [-0.2, -0.15) is 0 Å². The largest absolute Gasteiger partial charge is 0.402 e. The summed E-state index contributed by atoms with van der Waals surface area (Å²) in [4.78, 5) is 0. The first-order chi connectivity index (χ1) is 10.9. The van der Waals surface area contributed by atoms with Crippen molar-refractivity contribution in [3.63, 3.8) is 0 Å². The van der Waals surface area contributed by atoms with E-state index in [1.807, 2.05) is 18.2 Å². The fourth-order valence-corrected chi connectivity index (χ4v) is 3.43. The van der Waals surface area contributed by atoms with E-state index >= 15 is 0 Å². The van der Waals surface area contributed by atoms with Crippen LogP contribution in [0.15, 0.2) is 66.4 Å². The van der Waals surface area contributed by atoms with Crippen molar-refractivity contribution < 1.29 is 0 Å². The van der Waals surface area contributed by atoms with Crippen LogP contribution in [-0.2, 0) is 0 Å². The maximum Gasteiger partial charge on any atom is 0.0314 e. The van der Waals surface area contributed by atoms with Gasteiger partial charge in [-0.25, -0.2) is 0 Å². The van der Waals surface area contributed by atoms with Gasteiger partial charge in [-0.1, -0.05) is 61.9 Å². The van der Waals surface area contributed by atoms with Gasteiger partial charge in [-0.05, 0) is 41.8 Å². The molecule has 3 rings (SSSR count). The minimum absolute atomic E-state index is 0.140. The maximum absolute atomic E-state index is 6.34. The summed E-state index contributed by atoms with van der Waals surface area (Å²) in [5.74, 6) is 0.219. The van der Waals surface area contributed by atoms with E-state index in [9.17, 15) is 0 Å². The molecule has 0 spiro atoms. The first-order valence-corrected chi connectivity index (χ1v) is 8.00. The number of nitrogens with two attached hydrogens (primary N) is 2. The Labute approximate surface area is 138 Å². The number of allylic oxidation sites excluding steroid dienone is 4. The van der Waals surface area contributed by atoms with Crippen LogP contribution in [0.1, 0.15) is 36.5 Å². The molecular formula is C21H24N2. The van der Waals surface area contributed by atoms with Crippen LogP contribution < -0.4 is 11.5 Å². The van der Waals surface area contributed by atoms with Crippen LogP contribution in [0.5, 0.6) is 0 Å². The lowest BCUT2D eigenvalue weighted by atomic mass is 9.65. The van der Waals surface area contributed by atoms with Crippen molar-refractivity contribution in [3.05, 3.63) is 83.1 Å². The zero-order valence-electron chi connectivity index (χ0n) is 14.0. The Kier molecular flexibility index (Phi) is 3.77. The molecule has 0 saturated heterocycles. The van der Waals surface area contributed by atoms with Crippen molar-refractivity contribution >= 4 is 11.3 Å². The molecule has 23 heavy (non-hydrogen) atoms. The summed E-state index contributed by atoms with van der Waals surface area (Å²) in [6.45, 7) is 6.57. The van der Waals surface area contributed by atoms with Gasteiger partial charge in [0.05, 0.1) is 0 Å². The third kappa shape index (κ3) is 2.77. The van der Waals surface area contributed by atoms with E-state index in [-0.39, 0.29) is 11.3 Å².